The number of carbonyl (C=O) groups is 1. The fraction of sp³-hybridized carbons (Fsp3) is 0.500. The van der Waals surface area contributed by atoms with Gasteiger partial charge in [-0.1, -0.05) is 0 Å². The van der Waals surface area contributed by atoms with E-state index in [-0.39, 0.29) is 0 Å². The van der Waals surface area contributed by atoms with Gasteiger partial charge < -0.3 is 4.74 Å². The van der Waals surface area contributed by atoms with Gasteiger partial charge in [0.05, 0.1) is 7.11 Å². The highest BCUT2D eigenvalue weighted by Crippen LogP contribution is 2.26. The molecule has 3 nitrogen and oxygen atoms in total. The Hall–Kier alpha value is -1.00. The molecule has 2 rings (SSSR count). The van der Waals surface area contributed by atoms with Crippen LogP contribution < -0.4 is 4.74 Å². The summed E-state index contributed by atoms with van der Waals surface area (Å²) in [5, 5.41) is 0. The summed E-state index contributed by atoms with van der Waals surface area (Å²) in [7, 11) is 3.81. The first-order valence-corrected chi connectivity index (χ1v) is 7.30. The second kappa shape index (κ2) is 6.25. The van der Waals surface area contributed by atoms with Gasteiger partial charge >= 0.3 is 0 Å². The number of nitrogens with zero attached hydrogens (tertiary/aromatic N) is 1. The predicted molar refractivity (Wildman–Crippen MR) is 75.6 cm³/mol. The molecule has 98 valence electrons. The molecule has 0 aromatic heterocycles. The summed E-state index contributed by atoms with van der Waals surface area (Å²) in [5.74, 6) is 3.31. The van der Waals surface area contributed by atoms with Crippen LogP contribution in [0.4, 0.5) is 0 Å². The summed E-state index contributed by atoms with van der Waals surface area (Å²) in [6, 6.07) is 6.22. The number of benzene rings is 1. The van der Waals surface area contributed by atoms with E-state index < -0.39 is 0 Å². The molecule has 0 spiro atoms. The second-order valence-corrected chi connectivity index (χ2v) is 5.77. The van der Waals surface area contributed by atoms with Crippen LogP contribution in [0.15, 0.2) is 18.2 Å². The number of rotatable bonds is 5. The van der Waals surface area contributed by atoms with Crippen molar-refractivity contribution in [3.8, 4) is 5.75 Å². The first kappa shape index (κ1) is 13.4. The average Bonchev–Trinajstić information content (AvgIpc) is 2.92. The second-order valence-electron chi connectivity index (χ2n) is 4.62. The van der Waals surface area contributed by atoms with Crippen molar-refractivity contribution in [3.05, 3.63) is 29.3 Å². The molecule has 0 bridgehead atoms. The molecule has 0 aliphatic carbocycles. The van der Waals surface area contributed by atoms with Crippen LogP contribution in [0.25, 0.3) is 0 Å². The molecule has 0 N–H and O–H groups in total. The molecule has 1 aromatic rings. The molecule has 0 radical (unpaired) electrons. The van der Waals surface area contributed by atoms with E-state index in [9.17, 15) is 4.79 Å². The quantitative estimate of drug-likeness (QED) is 0.765. The van der Waals surface area contributed by atoms with Crippen molar-refractivity contribution >= 4 is 18.0 Å². The molecular weight excluding hydrogens is 246 g/mol. The van der Waals surface area contributed by atoms with E-state index in [0.29, 0.717) is 11.6 Å². The fourth-order valence-electron chi connectivity index (χ4n) is 2.26. The first-order valence-electron chi connectivity index (χ1n) is 6.14. The Bertz CT molecular complexity index is 416. The minimum atomic E-state index is 0.639. The van der Waals surface area contributed by atoms with Gasteiger partial charge in [0.2, 0.25) is 0 Å². The monoisotopic (exact) mass is 265 g/mol. The largest absolute Gasteiger partial charge is 0.496 e. The van der Waals surface area contributed by atoms with E-state index in [4.69, 9.17) is 4.74 Å². The lowest BCUT2D eigenvalue weighted by Crippen LogP contribution is -2.31. The van der Waals surface area contributed by atoms with Gasteiger partial charge in [0.15, 0.2) is 0 Å². The molecule has 1 unspecified atom stereocenters. The van der Waals surface area contributed by atoms with Gasteiger partial charge in [-0.15, -0.1) is 0 Å². The van der Waals surface area contributed by atoms with Gasteiger partial charge in [-0.3, -0.25) is 9.69 Å². The lowest BCUT2D eigenvalue weighted by Gasteiger charge is -2.24. The molecule has 1 aliphatic rings. The highest BCUT2D eigenvalue weighted by atomic mass is 32.2. The van der Waals surface area contributed by atoms with Gasteiger partial charge in [-0.25, -0.2) is 0 Å². The van der Waals surface area contributed by atoms with Crippen molar-refractivity contribution in [2.24, 2.45) is 0 Å². The Balaban J connectivity index is 2.12. The summed E-state index contributed by atoms with van der Waals surface area (Å²) in [4.78, 5) is 13.2. The number of thioether (sulfide) groups is 1. The maximum Gasteiger partial charge on any atom is 0.150 e. The van der Waals surface area contributed by atoms with Crippen LogP contribution in [-0.2, 0) is 6.54 Å². The van der Waals surface area contributed by atoms with Crippen LogP contribution in [0.3, 0.4) is 0 Å². The van der Waals surface area contributed by atoms with Crippen molar-refractivity contribution in [1.82, 2.24) is 4.90 Å². The van der Waals surface area contributed by atoms with Crippen LogP contribution in [0.5, 0.6) is 5.75 Å². The molecule has 1 fully saturated rings. The molecular formula is C14H19NO2S. The van der Waals surface area contributed by atoms with Crippen LogP contribution in [0.2, 0.25) is 0 Å². The summed E-state index contributed by atoms with van der Waals surface area (Å²) < 4.78 is 5.36. The summed E-state index contributed by atoms with van der Waals surface area (Å²) in [6.07, 6.45) is 2.13. The highest BCUT2D eigenvalue weighted by Gasteiger charge is 2.20. The van der Waals surface area contributed by atoms with Crippen molar-refractivity contribution < 1.29 is 9.53 Å². The Kier molecular flexibility index (Phi) is 4.66. The number of methoxy groups -OCH3 is 1. The SMILES string of the molecule is COc1ccc(C=O)cc1CN(C)C1CCSC1. The third-order valence-corrected chi connectivity index (χ3v) is 4.53. The molecule has 1 aliphatic heterocycles. The molecule has 18 heavy (non-hydrogen) atoms. The number of ether oxygens (including phenoxy) is 1. The zero-order chi connectivity index (χ0) is 13.0. The van der Waals surface area contributed by atoms with Gasteiger partial charge in [0, 0.05) is 29.5 Å². The Morgan fingerprint density at radius 3 is 3.00 bits per heavy atom. The molecule has 1 heterocycles. The Morgan fingerprint density at radius 1 is 1.56 bits per heavy atom. The maximum absolute atomic E-state index is 10.8. The molecule has 1 aromatic carbocycles. The van der Waals surface area contributed by atoms with Gasteiger partial charge in [-0.05, 0) is 37.4 Å². The topological polar surface area (TPSA) is 29.5 Å². The van der Waals surface area contributed by atoms with Gasteiger partial charge in [-0.2, -0.15) is 11.8 Å². The minimum Gasteiger partial charge on any atom is -0.496 e. The Labute approximate surface area is 113 Å². The summed E-state index contributed by atoms with van der Waals surface area (Å²) >= 11 is 2.01. The number of hydrogen-bond acceptors (Lipinski definition) is 4. The van der Waals surface area contributed by atoms with Crippen molar-refractivity contribution in [3.63, 3.8) is 0 Å². The number of carbonyl (C=O) groups excluding carboxylic acids is 1. The average molecular weight is 265 g/mol. The van der Waals surface area contributed by atoms with Crippen LogP contribution in [0, 0.1) is 0 Å². The van der Waals surface area contributed by atoms with Crippen molar-refractivity contribution in [2.45, 2.75) is 19.0 Å². The van der Waals surface area contributed by atoms with E-state index in [1.807, 2.05) is 23.9 Å². The highest BCUT2D eigenvalue weighted by molar-refractivity contribution is 7.99. The third-order valence-electron chi connectivity index (χ3n) is 3.39. The Morgan fingerprint density at radius 2 is 2.39 bits per heavy atom. The lowest BCUT2D eigenvalue weighted by molar-refractivity contribution is 0.112. The fourth-order valence-corrected chi connectivity index (χ4v) is 3.56. The predicted octanol–water partition coefficient (Wildman–Crippen LogP) is 2.45. The van der Waals surface area contributed by atoms with Crippen LogP contribution >= 0.6 is 11.8 Å². The molecule has 1 saturated heterocycles. The lowest BCUT2D eigenvalue weighted by atomic mass is 10.1. The number of hydrogen-bond donors (Lipinski definition) is 0. The third kappa shape index (κ3) is 3.06. The first-order chi connectivity index (χ1) is 8.74. The zero-order valence-corrected chi connectivity index (χ0v) is 11.7. The van der Waals surface area contributed by atoms with Crippen molar-refractivity contribution in [1.29, 1.82) is 0 Å². The summed E-state index contributed by atoms with van der Waals surface area (Å²) in [5.41, 5.74) is 1.79. The van der Waals surface area contributed by atoms with E-state index in [0.717, 1.165) is 24.1 Å². The normalized spacial score (nSPS) is 19.2. The van der Waals surface area contributed by atoms with E-state index in [1.54, 1.807) is 13.2 Å². The van der Waals surface area contributed by atoms with Crippen LogP contribution in [-0.4, -0.2) is 42.9 Å². The smallest absolute Gasteiger partial charge is 0.150 e. The van der Waals surface area contributed by atoms with Crippen molar-refractivity contribution in [2.75, 3.05) is 25.7 Å². The van der Waals surface area contributed by atoms with Gasteiger partial charge in [0.1, 0.15) is 12.0 Å². The van der Waals surface area contributed by atoms with E-state index >= 15 is 0 Å². The zero-order valence-electron chi connectivity index (χ0n) is 10.9. The van der Waals surface area contributed by atoms with Gasteiger partial charge in [0.25, 0.3) is 0 Å². The minimum absolute atomic E-state index is 0.639. The molecule has 1 atom stereocenters. The van der Waals surface area contributed by atoms with E-state index in [2.05, 4.69) is 11.9 Å². The molecule has 4 heteroatoms. The maximum atomic E-state index is 10.8. The van der Waals surface area contributed by atoms with E-state index in [1.165, 1.54) is 17.9 Å². The standard InChI is InChI=1S/C14H19NO2S/c1-15(13-5-6-18-10-13)8-12-7-11(9-16)3-4-14(12)17-2/h3-4,7,9,13H,5-6,8,10H2,1-2H3. The van der Waals surface area contributed by atoms with Crippen LogP contribution in [0.1, 0.15) is 22.3 Å². The summed E-state index contributed by atoms with van der Waals surface area (Å²) in [6.45, 7) is 0.829. The molecule has 0 saturated carbocycles. The molecule has 0 amide bonds. The number of aldehydes is 1.